The van der Waals surface area contributed by atoms with Crippen LogP contribution in [0.5, 0.6) is 0 Å². The number of carbonyl (C=O) groups is 2. The van der Waals surface area contributed by atoms with Gasteiger partial charge < -0.3 is 16.0 Å². The number of hydrogen-bond acceptors (Lipinski definition) is 4. The first-order valence-electron chi connectivity index (χ1n) is 5.41. The minimum absolute atomic E-state index is 0.0964. The lowest BCUT2D eigenvalue weighted by molar-refractivity contribution is -0.123. The quantitative estimate of drug-likeness (QED) is 0.695. The van der Waals surface area contributed by atoms with Gasteiger partial charge in [0, 0.05) is 25.8 Å². The molecule has 17 heavy (non-hydrogen) atoms. The van der Waals surface area contributed by atoms with Crippen LogP contribution in [0, 0.1) is 0 Å². The second kappa shape index (κ2) is 4.92. The lowest BCUT2D eigenvalue weighted by Gasteiger charge is -2.26. The molecule has 2 amide bonds. The molecule has 2 rings (SSSR count). The van der Waals surface area contributed by atoms with Crippen molar-refractivity contribution in [3.63, 3.8) is 0 Å². The second-order valence-electron chi connectivity index (χ2n) is 3.83. The Bertz CT molecular complexity index is 430. The van der Waals surface area contributed by atoms with E-state index in [9.17, 15) is 9.59 Å². The van der Waals surface area contributed by atoms with Gasteiger partial charge in [-0.05, 0) is 11.6 Å². The number of nitrogens with zero attached hydrogens (tertiary/aromatic N) is 2. The van der Waals surface area contributed by atoms with Crippen molar-refractivity contribution in [2.24, 2.45) is 5.73 Å². The van der Waals surface area contributed by atoms with Crippen LogP contribution in [0.25, 0.3) is 0 Å². The smallest absolute Gasteiger partial charge is 0.272 e. The summed E-state index contributed by atoms with van der Waals surface area (Å²) in [6, 6.07) is 3.40. The highest BCUT2D eigenvalue weighted by atomic mass is 16.2. The zero-order valence-corrected chi connectivity index (χ0v) is 9.35. The van der Waals surface area contributed by atoms with E-state index >= 15 is 0 Å². The Labute approximate surface area is 98.8 Å². The fourth-order valence-corrected chi connectivity index (χ4v) is 1.65. The average Bonchev–Trinajstić information content (AvgIpc) is 2.38. The molecular formula is C11H14N4O2. The summed E-state index contributed by atoms with van der Waals surface area (Å²) in [4.78, 5) is 28.7. The number of nitrogens with one attached hydrogen (secondary N) is 1. The maximum Gasteiger partial charge on any atom is 0.272 e. The largest absolute Gasteiger partial charge is 0.353 e. The summed E-state index contributed by atoms with van der Waals surface area (Å²) in [5.41, 5.74) is 6.67. The maximum absolute atomic E-state index is 12.0. The standard InChI is InChI=1S/C11H14N4O2/c12-5-8-1-2-9(14-6-8)11(17)15-4-3-13-10(16)7-15/h1-2,6H,3-5,7,12H2,(H,13,16). The summed E-state index contributed by atoms with van der Waals surface area (Å²) >= 11 is 0. The molecule has 1 aliphatic heterocycles. The van der Waals surface area contributed by atoms with Crippen LogP contribution >= 0.6 is 0 Å². The molecule has 0 aliphatic carbocycles. The number of rotatable bonds is 2. The fraction of sp³-hybridized carbons (Fsp3) is 0.364. The maximum atomic E-state index is 12.0. The highest BCUT2D eigenvalue weighted by molar-refractivity contribution is 5.95. The molecule has 0 radical (unpaired) electrons. The van der Waals surface area contributed by atoms with Crippen LogP contribution in [0.1, 0.15) is 16.1 Å². The third-order valence-corrected chi connectivity index (χ3v) is 2.61. The van der Waals surface area contributed by atoms with E-state index in [1.165, 1.54) is 4.90 Å². The van der Waals surface area contributed by atoms with Crippen molar-refractivity contribution in [1.29, 1.82) is 0 Å². The van der Waals surface area contributed by atoms with E-state index in [2.05, 4.69) is 10.3 Å². The van der Waals surface area contributed by atoms with E-state index in [1.807, 2.05) is 0 Å². The molecule has 0 spiro atoms. The number of pyridine rings is 1. The molecule has 3 N–H and O–H groups in total. The zero-order valence-electron chi connectivity index (χ0n) is 9.35. The molecule has 0 atom stereocenters. The predicted octanol–water partition coefficient (Wildman–Crippen LogP) is -0.888. The first-order chi connectivity index (χ1) is 8.20. The van der Waals surface area contributed by atoms with Crippen molar-refractivity contribution in [2.45, 2.75) is 6.54 Å². The fourth-order valence-electron chi connectivity index (χ4n) is 1.65. The summed E-state index contributed by atoms with van der Waals surface area (Å²) in [7, 11) is 0. The van der Waals surface area contributed by atoms with Gasteiger partial charge in [0.15, 0.2) is 0 Å². The Hall–Kier alpha value is -1.95. The van der Waals surface area contributed by atoms with Crippen LogP contribution in [-0.4, -0.2) is 41.3 Å². The Kier molecular flexibility index (Phi) is 3.34. The van der Waals surface area contributed by atoms with E-state index < -0.39 is 0 Å². The van der Waals surface area contributed by atoms with Gasteiger partial charge in [-0.1, -0.05) is 6.07 Å². The van der Waals surface area contributed by atoms with E-state index in [0.29, 0.717) is 25.3 Å². The first kappa shape index (κ1) is 11.5. The van der Waals surface area contributed by atoms with Crippen LogP contribution in [-0.2, 0) is 11.3 Å². The summed E-state index contributed by atoms with van der Waals surface area (Å²) in [5.74, 6) is -0.355. The van der Waals surface area contributed by atoms with Crippen LogP contribution in [0.3, 0.4) is 0 Å². The van der Waals surface area contributed by atoms with E-state index in [-0.39, 0.29) is 18.4 Å². The monoisotopic (exact) mass is 234 g/mol. The van der Waals surface area contributed by atoms with Gasteiger partial charge in [0.1, 0.15) is 5.69 Å². The minimum Gasteiger partial charge on any atom is -0.353 e. The third-order valence-electron chi connectivity index (χ3n) is 2.61. The predicted molar refractivity (Wildman–Crippen MR) is 61.0 cm³/mol. The van der Waals surface area contributed by atoms with Gasteiger partial charge in [-0.15, -0.1) is 0 Å². The van der Waals surface area contributed by atoms with Crippen LogP contribution in [0.2, 0.25) is 0 Å². The Morgan fingerprint density at radius 2 is 2.35 bits per heavy atom. The number of carbonyl (C=O) groups excluding carboxylic acids is 2. The number of piperazine rings is 1. The minimum atomic E-state index is -0.219. The molecule has 6 heteroatoms. The van der Waals surface area contributed by atoms with Gasteiger partial charge in [0.05, 0.1) is 6.54 Å². The number of amides is 2. The van der Waals surface area contributed by atoms with Crippen molar-refractivity contribution in [1.82, 2.24) is 15.2 Å². The molecule has 0 aromatic carbocycles. The van der Waals surface area contributed by atoms with Gasteiger partial charge in [-0.3, -0.25) is 14.6 Å². The van der Waals surface area contributed by atoms with Crippen molar-refractivity contribution in [2.75, 3.05) is 19.6 Å². The topological polar surface area (TPSA) is 88.3 Å². The molecule has 1 aromatic rings. The number of hydrogen-bond donors (Lipinski definition) is 2. The van der Waals surface area contributed by atoms with Gasteiger partial charge >= 0.3 is 0 Å². The summed E-state index contributed by atoms with van der Waals surface area (Å²) in [6.07, 6.45) is 1.58. The molecule has 0 unspecified atom stereocenters. The zero-order chi connectivity index (χ0) is 12.3. The Balaban J connectivity index is 2.10. The van der Waals surface area contributed by atoms with Crippen LogP contribution in [0.15, 0.2) is 18.3 Å². The Morgan fingerprint density at radius 1 is 1.53 bits per heavy atom. The Morgan fingerprint density at radius 3 is 2.94 bits per heavy atom. The summed E-state index contributed by atoms with van der Waals surface area (Å²) in [6.45, 7) is 1.50. The number of aromatic nitrogens is 1. The number of nitrogens with two attached hydrogens (primary N) is 1. The highest BCUT2D eigenvalue weighted by Gasteiger charge is 2.22. The molecule has 0 saturated carbocycles. The van der Waals surface area contributed by atoms with Crippen LogP contribution < -0.4 is 11.1 Å². The summed E-state index contributed by atoms with van der Waals surface area (Å²) in [5, 5.41) is 2.67. The third kappa shape index (κ3) is 2.59. The van der Waals surface area contributed by atoms with E-state index in [0.717, 1.165) is 5.56 Å². The molecule has 1 aliphatic rings. The molecule has 1 saturated heterocycles. The molecule has 0 bridgehead atoms. The van der Waals surface area contributed by atoms with Crippen molar-refractivity contribution >= 4 is 11.8 Å². The highest BCUT2D eigenvalue weighted by Crippen LogP contribution is 2.05. The molecular weight excluding hydrogens is 220 g/mol. The SMILES string of the molecule is NCc1ccc(C(=O)N2CCNC(=O)C2)nc1. The average molecular weight is 234 g/mol. The van der Waals surface area contributed by atoms with E-state index in [1.54, 1.807) is 18.3 Å². The van der Waals surface area contributed by atoms with Crippen molar-refractivity contribution in [3.8, 4) is 0 Å². The van der Waals surface area contributed by atoms with Gasteiger partial charge in [0.2, 0.25) is 5.91 Å². The second-order valence-corrected chi connectivity index (χ2v) is 3.83. The lowest BCUT2D eigenvalue weighted by Crippen LogP contribution is -2.50. The molecule has 6 nitrogen and oxygen atoms in total. The van der Waals surface area contributed by atoms with Gasteiger partial charge in [-0.25, -0.2) is 0 Å². The van der Waals surface area contributed by atoms with Crippen molar-refractivity contribution < 1.29 is 9.59 Å². The van der Waals surface area contributed by atoms with Crippen LogP contribution in [0.4, 0.5) is 0 Å². The summed E-state index contributed by atoms with van der Waals surface area (Å²) < 4.78 is 0. The first-order valence-corrected chi connectivity index (χ1v) is 5.41. The van der Waals surface area contributed by atoms with Crippen molar-refractivity contribution in [3.05, 3.63) is 29.6 Å². The molecule has 2 heterocycles. The normalized spacial score (nSPS) is 15.6. The van der Waals surface area contributed by atoms with E-state index in [4.69, 9.17) is 5.73 Å². The van der Waals surface area contributed by atoms with Gasteiger partial charge in [-0.2, -0.15) is 0 Å². The lowest BCUT2D eigenvalue weighted by atomic mass is 10.2. The molecule has 1 fully saturated rings. The molecule has 1 aromatic heterocycles. The molecule has 90 valence electrons. The van der Waals surface area contributed by atoms with Gasteiger partial charge in [0.25, 0.3) is 5.91 Å².